The standard InChI is InChI=1S/C44H34P2/c1-5-20-37(21-6-1)45(38-22-7-2-8-23-38)42-30-29-35-18-15-16-28-41(35)43(42)44(32-31-34-17-13-14-19-36(34)33-44)46(39-24-9-3-10-25-39)40-26-11-4-12-27-40/h1-32H,33H2. The minimum Gasteiger partial charge on any atom is -0.0681 e. The Balaban J connectivity index is 1.52. The minimum atomic E-state index is -0.882. The van der Waals surface area contributed by atoms with Crippen molar-refractivity contribution in [3.05, 3.63) is 205 Å². The molecule has 46 heavy (non-hydrogen) atoms. The molecule has 1 aliphatic carbocycles. The monoisotopic (exact) mass is 624 g/mol. The Morgan fingerprint density at radius 1 is 0.435 bits per heavy atom. The quantitative estimate of drug-likeness (QED) is 0.155. The van der Waals surface area contributed by atoms with Gasteiger partial charge in [0.05, 0.1) is 0 Å². The molecule has 1 unspecified atom stereocenters. The van der Waals surface area contributed by atoms with Crippen LogP contribution in [0.25, 0.3) is 16.8 Å². The lowest BCUT2D eigenvalue weighted by Gasteiger charge is -2.45. The van der Waals surface area contributed by atoms with E-state index in [1.54, 1.807) is 0 Å². The van der Waals surface area contributed by atoms with Crippen LogP contribution in [0.15, 0.2) is 188 Å². The average Bonchev–Trinajstić information content (AvgIpc) is 3.13. The lowest BCUT2D eigenvalue weighted by Crippen LogP contribution is -2.39. The van der Waals surface area contributed by atoms with Crippen LogP contribution in [0, 0.1) is 0 Å². The summed E-state index contributed by atoms with van der Waals surface area (Å²) in [6, 6.07) is 67.8. The molecule has 8 rings (SSSR count). The Bertz CT molecular complexity index is 2040. The summed E-state index contributed by atoms with van der Waals surface area (Å²) in [5.41, 5.74) is 4.20. The SMILES string of the molecule is C1=CC(c2c(P(c3ccccc3)c3ccccc3)ccc3ccccc23)(P(c2ccccc2)c2ccccc2)Cc2ccccc21. The summed E-state index contributed by atoms with van der Waals surface area (Å²) in [6.07, 6.45) is 5.94. The van der Waals surface area contributed by atoms with Crippen molar-refractivity contribution in [2.75, 3.05) is 0 Å². The number of hydrogen-bond donors (Lipinski definition) is 0. The fourth-order valence-electron chi connectivity index (χ4n) is 7.12. The van der Waals surface area contributed by atoms with E-state index < -0.39 is 15.8 Å². The average molecular weight is 625 g/mol. The number of rotatable bonds is 7. The topological polar surface area (TPSA) is 0 Å². The molecule has 0 fully saturated rings. The van der Waals surface area contributed by atoms with Gasteiger partial charge in [-0.25, -0.2) is 0 Å². The molecule has 7 aromatic rings. The van der Waals surface area contributed by atoms with Gasteiger partial charge in [-0.05, 0) is 76.2 Å². The number of benzene rings is 7. The summed E-state index contributed by atoms with van der Waals surface area (Å²) in [5, 5.41) is 9.33. The zero-order chi connectivity index (χ0) is 30.8. The maximum Gasteiger partial charge on any atom is 0.0470 e. The fourth-order valence-corrected chi connectivity index (χ4v) is 12.9. The van der Waals surface area contributed by atoms with Crippen molar-refractivity contribution in [2.24, 2.45) is 0 Å². The molecular formula is C44H34P2. The van der Waals surface area contributed by atoms with Crippen molar-refractivity contribution < 1.29 is 0 Å². The van der Waals surface area contributed by atoms with Gasteiger partial charge in [-0.1, -0.05) is 194 Å². The first-order chi connectivity index (χ1) is 22.8. The van der Waals surface area contributed by atoms with Gasteiger partial charge in [-0.2, -0.15) is 0 Å². The second-order valence-corrected chi connectivity index (χ2v) is 16.5. The summed E-state index contributed by atoms with van der Waals surface area (Å²) in [4.78, 5) is 0. The maximum absolute atomic E-state index is 2.59. The third-order valence-electron chi connectivity index (χ3n) is 9.09. The molecule has 7 aromatic carbocycles. The molecule has 0 radical (unpaired) electrons. The second kappa shape index (κ2) is 12.7. The second-order valence-electron chi connectivity index (χ2n) is 11.8. The minimum absolute atomic E-state index is 0.299. The predicted molar refractivity (Wildman–Crippen MR) is 203 cm³/mol. The van der Waals surface area contributed by atoms with Gasteiger partial charge in [0.15, 0.2) is 0 Å². The summed E-state index contributed by atoms with van der Waals surface area (Å²) in [5.74, 6) is 0. The molecule has 0 amide bonds. The largest absolute Gasteiger partial charge is 0.0681 e. The van der Waals surface area contributed by atoms with Crippen molar-refractivity contribution in [3.8, 4) is 0 Å². The molecule has 1 aliphatic rings. The molecule has 220 valence electrons. The molecule has 0 saturated carbocycles. The van der Waals surface area contributed by atoms with Crippen molar-refractivity contribution in [1.29, 1.82) is 0 Å². The van der Waals surface area contributed by atoms with Crippen LogP contribution in [-0.4, -0.2) is 0 Å². The van der Waals surface area contributed by atoms with Crippen molar-refractivity contribution in [2.45, 2.75) is 11.6 Å². The van der Waals surface area contributed by atoms with E-state index in [1.807, 2.05) is 0 Å². The molecular weight excluding hydrogens is 590 g/mol. The van der Waals surface area contributed by atoms with E-state index in [-0.39, 0.29) is 5.16 Å². The van der Waals surface area contributed by atoms with Gasteiger partial charge in [0.25, 0.3) is 0 Å². The van der Waals surface area contributed by atoms with Crippen LogP contribution >= 0.6 is 15.8 Å². The van der Waals surface area contributed by atoms with E-state index in [0.29, 0.717) is 0 Å². The molecule has 0 aliphatic heterocycles. The molecule has 0 aromatic heterocycles. The highest BCUT2D eigenvalue weighted by molar-refractivity contribution is 7.80. The highest BCUT2D eigenvalue weighted by atomic mass is 31.1. The molecule has 0 N–H and O–H groups in total. The Morgan fingerprint density at radius 3 is 1.54 bits per heavy atom. The van der Waals surface area contributed by atoms with E-state index in [0.717, 1.165) is 6.42 Å². The third-order valence-corrected chi connectivity index (χ3v) is 14.5. The van der Waals surface area contributed by atoms with E-state index in [4.69, 9.17) is 0 Å². The molecule has 0 heterocycles. The van der Waals surface area contributed by atoms with Crippen LogP contribution in [-0.2, 0) is 11.6 Å². The number of hydrogen-bond acceptors (Lipinski definition) is 0. The van der Waals surface area contributed by atoms with Gasteiger partial charge >= 0.3 is 0 Å². The lowest BCUT2D eigenvalue weighted by atomic mass is 9.82. The molecule has 0 saturated heterocycles. The number of fused-ring (bicyclic) bond motifs is 2. The highest BCUT2D eigenvalue weighted by Gasteiger charge is 2.45. The Morgan fingerprint density at radius 2 is 0.935 bits per heavy atom. The Kier molecular flexibility index (Phi) is 7.93. The molecule has 1 atom stereocenters. The fraction of sp³-hybridized carbons (Fsp3) is 0.0455. The summed E-state index contributed by atoms with van der Waals surface area (Å²) >= 11 is 0. The maximum atomic E-state index is 2.59. The van der Waals surface area contributed by atoms with Gasteiger partial charge in [-0.15, -0.1) is 0 Å². The van der Waals surface area contributed by atoms with Crippen molar-refractivity contribution in [1.82, 2.24) is 0 Å². The van der Waals surface area contributed by atoms with E-state index in [9.17, 15) is 0 Å². The predicted octanol–water partition coefficient (Wildman–Crippen LogP) is 9.20. The van der Waals surface area contributed by atoms with Gasteiger partial charge in [0, 0.05) is 5.16 Å². The summed E-state index contributed by atoms with van der Waals surface area (Å²) in [7, 11) is -1.73. The first kappa shape index (κ1) is 28.8. The van der Waals surface area contributed by atoms with Gasteiger partial charge < -0.3 is 0 Å². The van der Waals surface area contributed by atoms with E-state index in [1.165, 1.54) is 54.0 Å². The Labute approximate surface area is 274 Å². The highest BCUT2D eigenvalue weighted by Crippen LogP contribution is 2.61. The van der Waals surface area contributed by atoms with Gasteiger partial charge in [0.1, 0.15) is 0 Å². The smallest absolute Gasteiger partial charge is 0.0470 e. The van der Waals surface area contributed by atoms with Crippen LogP contribution < -0.4 is 26.5 Å². The first-order valence-electron chi connectivity index (χ1n) is 15.9. The zero-order valence-electron chi connectivity index (χ0n) is 25.6. The van der Waals surface area contributed by atoms with Crippen LogP contribution in [0.1, 0.15) is 16.7 Å². The third kappa shape index (κ3) is 5.23. The van der Waals surface area contributed by atoms with E-state index in [2.05, 4.69) is 194 Å². The van der Waals surface area contributed by atoms with Crippen molar-refractivity contribution >= 4 is 59.2 Å². The van der Waals surface area contributed by atoms with Gasteiger partial charge in [0.2, 0.25) is 0 Å². The summed E-state index contributed by atoms with van der Waals surface area (Å²) in [6.45, 7) is 0. The van der Waals surface area contributed by atoms with E-state index >= 15 is 0 Å². The zero-order valence-corrected chi connectivity index (χ0v) is 27.4. The molecule has 0 bridgehead atoms. The van der Waals surface area contributed by atoms with Crippen LogP contribution in [0.4, 0.5) is 0 Å². The lowest BCUT2D eigenvalue weighted by molar-refractivity contribution is 0.759. The van der Waals surface area contributed by atoms with Crippen LogP contribution in [0.5, 0.6) is 0 Å². The van der Waals surface area contributed by atoms with Crippen LogP contribution in [0.2, 0.25) is 0 Å². The summed E-state index contributed by atoms with van der Waals surface area (Å²) < 4.78 is 0. The number of allylic oxidation sites excluding steroid dienone is 1. The molecule has 2 heteroatoms. The first-order valence-corrected chi connectivity index (χ1v) is 18.6. The molecule has 0 spiro atoms. The Hall–Kier alpha value is -4.60. The van der Waals surface area contributed by atoms with Gasteiger partial charge in [-0.3, -0.25) is 0 Å². The van der Waals surface area contributed by atoms with Crippen molar-refractivity contribution in [3.63, 3.8) is 0 Å². The molecule has 0 nitrogen and oxygen atoms in total. The normalized spacial score (nSPS) is 15.7. The van der Waals surface area contributed by atoms with Crippen LogP contribution in [0.3, 0.4) is 0 Å².